The van der Waals surface area contributed by atoms with Crippen LogP contribution in [0.5, 0.6) is 0 Å². The Hall–Kier alpha value is -2.64. The third-order valence-corrected chi connectivity index (χ3v) is 5.79. The summed E-state index contributed by atoms with van der Waals surface area (Å²) in [5, 5.41) is 4.94. The Morgan fingerprint density at radius 1 is 1.14 bits per heavy atom. The number of carbonyl (C=O) groups excluding carboxylic acids is 1. The minimum Gasteiger partial charge on any atom is -0.450 e. The Kier molecular flexibility index (Phi) is 5.43. The lowest BCUT2D eigenvalue weighted by Crippen LogP contribution is -2.17. The zero-order valence-corrected chi connectivity index (χ0v) is 18.9. The fraction of sp³-hybridized carbons (Fsp3) is 0.0909. The molecule has 29 heavy (non-hydrogen) atoms. The fourth-order valence-electron chi connectivity index (χ4n) is 3.12. The van der Waals surface area contributed by atoms with Crippen molar-refractivity contribution in [3.05, 3.63) is 86.3 Å². The maximum absolute atomic E-state index is 12.4. The van der Waals surface area contributed by atoms with Crippen LogP contribution < -0.4 is 5.43 Å². The predicted molar refractivity (Wildman–Crippen MR) is 122 cm³/mol. The second-order valence-electron chi connectivity index (χ2n) is 6.64. The van der Waals surface area contributed by atoms with E-state index in [9.17, 15) is 4.79 Å². The molecular formula is C22H17Br2N3O2. The van der Waals surface area contributed by atoms with E-state index in [1.54, 1.807) is 12.3 Å². The fourth-order valence-corrected chi connectivity index (χ4v) is 4.45. The van der Waals surface area contributed by atoms with E-state index in [1.165, 1.54) is 11.1 Å². The van der Waals surface area contributed by atoms with E-state index in [4.69, 9.17) is 4.42 Å². The molecule has 0 aliphatic rings. The van der Waals surface area contributed by atoms with E-state index in [-0.39, 0.29) is 5.76 Å². The van der Waals surface area contributed by atoms with Crippen LogP contribution in [-0.4, -0.2) is 16.7 Å². The number of furan rings is 1. The first-order chi connectivity index (χ1) is 13.9. The first kappa shape index (κ1) is 19.7. The van der Waals surface area contributed by atoms with E-state index >= 15 is 0 Å². The number of aromatic nitrogens is 1. The molecule has 1 N–H and O–H groups in total. The average molecular weight is 515 g/mol. The van der Waals surface area contributed by atoms with Gasteiger partial charge in [0, 0.05) is 21.7 Å². The number of rotatable bonds is 4. The molecule has 1 amide bonds. The molecule has 0 radical (unpaired) electrons. The first-order valence-electron chi connectivity index (χ1n) is 8.90. The van der Waals surface area contributed by atoms with Gasteiger partial charge in [-0.15, -0.1) is 0 Å². The summed E-state index contributed by atoms with van der Waals surface area (Å²) in [7, 11) is 0. The number of carbonyl (C=O) groups is 1. The number of aryl methyl sites for hydroxylation is 1. The highest BCUT2D eigenvalue weighted by Gasteiger charge is 2.14. The molecule has 0 saturated carbocycles. The van der Waals surface area contributed by atoms with Gasteiger partial charge in [-0.3, -0.25) is 4.79 Å². The van der Waals surface area contributed by atoms with Crippen molar-refractivity contribution in [2.75, 3.05) is 0 Å². The molecule has 5 nitrogen and oxygen atoms in total. The Morgan fingerprint density at radius 2 is 1.97 bits per heavy atom. The van der Waals surface area contributed by atoms with E-state index in [0.717, 1.165) is 25.7 Å². The number of amides is 1. The van der Waals surface area contributed by atoms with Gasteiger partial charge in [-0.05, 0) is 77.3 Å². The Balaban J connectivity index is 1.54. The first-order valence-corrected chi connectivity index (χ1v) is 10.5. The maximum Gasteiger partial charge on any atom is 0.307 e. The van der Waals surface area contributed by atoms with Crippen LogP contribution in [0, 0.1) is 13.8 Å². The number of nitrogens with zero attached hydrogens (tertiary/aromatic N) is 2. The highest BCUT2D eigenvalue weighted by atomic mass is 79.9. The zero-order chi connectivity index (χ0) is 20.5. The van der Waals surface area contributed by atoms with Crippen LogP contribution >= 0.6 is 31.9 Å². The van der Waals surface area contributed by atoms with Crippen molar-refractivity contribution in [1.82, 2.24) is 9.99 Å². The summed E-state index contributed by atoms with van der Waals surface area (Å²) in [6.07, 6.45) is 3.59. The van der Waals surface area contributed by atoms with Crippen molar-refractivity contribution < 1.29 is 9.21 Å². The third-order valence-electron chi connectivity index (χ3n) is 4.74. The van der Waals surface area contributed by atoms with Gasteiger partial charge in [-0.1, -0.05) is 28.1 Å². The summed E-state index contributed by atoms with van der Waals surface area (Å²) in [6, 6.07) is 15.5. The number of hydrogen-bond donors (Lipinski definition) is 1. The van der Waals surface area contributed by atoms with Gasteiger partial charge < -0.3 is 8.98 Å². The van der Waals surface area contributed by atoms with E-state index in [2.05, 4.69) is 68.4 Å². The van der Waals surface area contributed by atoms with Gasteiger partial charge in [0.15, 0.2) is 5.76 Å². The summed E-state index contributed by atoms with van der Waals surface area (Å²) in [4.78, 5) is 12.4. The van der Waals surface area contributed by atoms with Crippen LogP contribution in [0.1, 0.15) is 27.4 Å². The second-order valence-corrected chi connectivity index (χ2v) is 8.41. The lowest BCUT2D eigenvalue weighted by Gasteiger charge is -2.11. The molecule has 2 aromatic heterocycles. The van der Waals surface area contributed by atoms with Gasteiger partial charge in [0.2, 0.25) is 0 Å². The van der Waals surface area contributed by atoms with E-state index < -0.39 is 5.91 Å². The summed E-state index contributed by atoms with van der Waals surface area (Å²) >= 11 is 6.87. The summed E-state index contributed by atoms with van der Waals surface area (Å²) in [6.45, 7) is 4.17. The largest absolute Gasteiger partial charge is 0.450 e. The molecule has 4 rings (SSSR count). The van der Waals surface area contributed by atoms with Crippen LogP contribution in [-0.2, 0) is 0 Å². The minimum atomic E-state index is -0.412. The van der Waals surface area contributed by atoms with Gasteiger partial charge in [0.25, 0.3) is 0 Å². The topological polar surface area (TPSA) is 59.5 Å². The normalized spacial score (nSPS) is 11.4. The number of halogens is 2. The summed E-state index contributed by atoms with van der Waals surface area (Å²) < 4.78 is 9.37. The number of hydrazone groups is 1. The van der Waals surface area contributed by atoms with Crippen LogP contribution in [0.3, 0.4) is 0 Å². The zero-order valence-electron chi connectivity index (χ0n) is 15.7. The smallest absolute Gasteiger partial charge is 0.307 e. The van der Waals surface area contributed by atoms with Crippen molar-refractivity contribution in [3.63, 3.8) is 0 Å². The van der Waals surface area contributed by atoms with Crippen LogP contribution in [0.15, 0.2) is 73.2 Å². The molecule has 2 aromatic carbocycles. The minimum absolute atomic E-state index is 0.195. The number of benzene rings is 2. The second kappa shape index (κ2) is 8.00. The molecule has 0 aliphatic carbocycles. The molecule has 2 heterocycles. The van der Waals surface area contributed by atoms with Crippen molar-refractivity contribution >= 4 is 55.0 Å². The lowest BCUT2D eigenvalue weighted by molar-refractivity contribution is 0.0929. The average Bonchev–Trinajstić information content (AvgIpc) is 3.31. The van der Waals surface area contributed by atoms with Crippen molar-refractivity contribution in [2.24, 2.45) is 5.10 Å². The molecule has 7 heteroatoms. The van der Waals surface area contributed by atoms with Crippen molar-refractivity contribution in [1.29, 1.82) is 0 Å². The molecule has 0 unspecified atom stereocenters. The molecule has 0 fully saturated rings. The molecule has 0 atom stereocenters. The van der Waals surface area contributed by atoms with Gasteiger partial charge in [0.1, 0.15) is 5.58 Å². The monoisotopic (exact) mass is 513 g/mol. The van der Waals surface area contributed by atoms with Crippen molar-refractivity contribution in [2.45, 2.75) is 13.8 Å². The van der Waals surface area contributed by atoms with Crippen LogP contribution in [0.2, 0.25) is 0 Å². The number of hydrogen-bond acceptors (Lipinski definition) is 3. The lowest BCUT2D eigenvalue weighted by atomic mass is 10.1. The Morgan fingerprint density at radius 3 is 2.79 bits per heavy atom. The van der Waals surface area contributed by atoms with Crippen LogP contribution in [0.4, 0.5) is 0 Å². The molecule has 0 spiro atoms. The predicted octanol–water partition coefficient (Wildman–Crippen LogP) is 6.13. The Bertz CT molecular complexity index is 1250. The molecule has 4 aromatic rings. The van der Waals surface area contributed by atoms with Gasteiger partial charge in [0.05, 0.1) is 16.4 Å². The van der Waals surface area contributed by atoms with Gasteiger partial charge >= 0.3 is 5.91 Å². The summed E-state index contributed by atoms with van der Waals surface area (Å²) in [5.74, 6) is -0.217. The summed E-state index contributed by atoms with van der Waals surface area (Å²) in [5.41, 5.74) is 7.50. The molecular weight excluding hydrogens is 498 g/mol. The van der Waals surface area contributed by atoms with Crippen molar-refractivity contribution in [3.8, 4) is 5.69 Å². The quantitative estimate of drug-likeness (QED) is 0.263. The number of fused-ring (bicyclic) bond motifs is 1. The number of nitrogens with one attached hydrogen (secondary N) is 1. The highest BCUT2D eigenvalue weighted by molar-refractivity contribution is 9.11. The maximum atomic E-state index is 12.4. The Labute approximate surface area is 184 Å². The molecule has 0 saturated heterocycles. The molecule has 0 aliphatic heterocycles. The molecule has 0 bridgehead atoms. The van der Waals surface area contributed by atoms with Crippen LogP contribution in [0.25, 0.3) is 16.7 Å². The van der Waals surface area contributed by atoms with E-state index in [0.29, 0.717) is 5.58 Å². The van der Waals surface area contributed by atoms with Gasteiger partial charge in [-0.25, -0.2) is 5.43 Å². The molecule has 146 valence electrons. The third kappa shape index (κ3) is 3.93. The van der Waals surface area contributed by atoms with Gasteiger partial charge in [-0.2, -0.15) is 5.10 Å². The highest BCUT2D eigenvalue weighted by Crippen LogP contribution is 2.31. The standard InChI is InChI=1S/C22H17Br2N3O2/c1-13-5-3-7-19(14(13)2)27-8-4-6-17(27)12-25-26-22(28)20-10-15-9-16(23)11-18(24)21(15)29-20/h3-12H,1-2H3,(H,26,28)/b25-12-. The van der Waals surface area contributed by atoms with E-state index in [1.807, 2.05) is 41.1 Å². The SMILES string of the molecule is Cc1cccc(-n2cccc2/C=N\NC(=O)c2cc3cc(Br)cc(Br)c3o2)c1C.